The highest BCUT2D eigenvalue weighted by Crippen LogP contribution is 2.05. The van der Waals surface area contributed by atoms with Gasteiger partial charge in [0.05, 0.1) is 4.90 Å². The van der Waals surface area contributed by atoms with Gasteiger partial charge in [0, 0.05) is 18.8 Å². The minimum atomic E-state index is -4.02. The van der Waals surface area contributed by atoms with Crippen molar-refractivity contribution in [1.29, 1.82) is 0 Å². The van der Waals surface area contributed by atoms with Crippen LogP contribution in [-0.2, 0) is 10.0 Å². The molecular formula is C8H10F2N2O4S. The lowest BCUT2D eigenvalue weighted by Crippen LogP contribution is -2.36. The predicted octanol–water partition coefficient (Wildman–Crippen LogP) is -0.721. The van der Waals surface area contributed by atoms with Crippen molar-refractivity contribution in [1.82, 2.24) is 9.71 Å². The molecule has 0 fully saturated rings. The van der Waals surface area contributed by atoms with E-state index in [0.717, 1.165) is 18.3 Å². The fourth-order valence-electron chi connectivity index (χ4n) is 0.931. The maximum absolute atomic E-state index is 11.9. The molecule has 0 saturated heterocycles. The van der Waals surface area contributed by atoms with Crippen molar-refractivity contribution in [2.45, 2.75) is 17.4 Å². The molecule has 1 atom stereocenters. The summed E-state index contributed by atoms with van der Waals surface area (Å²) in [4.78, 5) is 12.5. The normalized spacial score (nSPS) is 13.9. The van der Waals surface area contributed by atoms with Crippen molar-refractivity contribution < 1.29 is 22.3 Å². The van der Waals surface area contributed by atoms with Gasteiger partial charge in [0.1, 0.15) is 6.10 Å². The van der Waals surface area contributed by atoms with Crippen LogP contribution in [0.2, 0.25) is 0 Å². The largest absolute Gasteiger partial charge is 0.386 e. The number of nitrogens with one attached hydrogen (secondary N) is 2. The molecule has 0 aliphatic carbocycles. The number of H-pyrrole nitrogens is 1. The van der Waals surface area contributed by atoms with E-state index in [1.54, 1.807) is 4.72 Å². The first kappa shape index (κ1) is 13.7. The first-order chi connectivity index (χ1) is 7.83. The molecule has 0 saturated carbocycles. The number of rotatable bonds is 5. The topological polar surface area (TPSA) is 99.3 Å². The number of sulfonamides is 1. The van der Waals surface area contributed by atoms with E-state index in [4.69, 9.17) is 5.11 Å². The quantitative estimate of drug-likeness (QED) is 0.656. The van der Waals surface area contributed by atoms with E-state index in [-0.39, 0.29) is 4.90 Å². The Balaban J connectivity index is 2.76. The summed E-state index contributed by atoms with van der Waals surface area (Å²) in [5, 5.41) is 8.75. The van der Waals surface area contributed by atoms with Gasteiger partial charge < -0.3 is 10.1 Å². The second-order valence-corrected chi connectivity index (χ2v) is 4.91. The number of hydrogen-bond donors (Lipinski definition) is 3. The molecule has 1 aromatic rings. The standard InChI is InChI=1S/C8H10F2N2O4S/c9-8(10)6(13)4-12-17(15,16)5-1-2-7(14)11-3-5/h1-3,6,8,12-13H,4H2,(H,11,14). The molecule has 96 valence electrons. The third-order valence-electron chi connectivity index (χ3n) is 1.84. The third-order valence-corrected chi connectivity index (χ3v) is 3.26. The number of aliphatic hydroxyl groups is 1. The Morgan fingerprint density at radius 2 is 2.06 bits per heavy atom. The minimum Gasteiger partial charge on any atom is -0.386 e. The van der Waals surface area contributed by atoms with Crippen LogP contribution in [0.5, 0.6) is 0 Å². The van der Waals surface area contributed by atoms with E-state index < -0.39 is 34.7 Å². The van der Waals surface area contributed by atoms with E-state index in [0.29, 0.717) is 0 Å². The first-order valence-electron chi connectivity index (χ1n) is 4.47. The van der Waals surface area contributed by atoms with Crippen LogP contribution in [0, 0.1) is 0 Å². The lowest BCUT2D eigenvalue weighted by Gasteiger charge is -2.10. The lowest BCUT2D eigenvalue weighted by atomic mass is 10.4. The van der Waals surface area contributed by atoms with Gasteiger partial charge in [-0.15, -0.1) is 0 Å². The maximum Gasteiger partial charge on any atom is 0.265 e. The number of aliphatic hydroxyl groups excluding tert-OH is 1. The molecule has 0 bridgehead atoms. The molecule has 0 amide bonds. The molecule has 0 radical (unpaired) electrons. The molecule has 0 aliphatic heterocycles. The molecule has 3 N–H and O–H groups in total. The molecule has 0 spiro atoms. The van der Waals surface area contributed by atoms with Crippen LogP contribution in [0.4, 0.5) is 8.78 Å². The van der Waals surface area contributed by atoms with Gasteiger partial charge in [-0.2, -0.15) is 0 Å². The van der Waals surface area contributed by atoms with E-state index in [1.165, 1.54) is 0 Å². The van der Waals surface area contributed by atoms with Crippen molar-refractivity contribution in [3.05, 3.63) is 28.7 Å². The predicted molar refractivity (Wildman–Crippen MR) is 54.3 cm³/mol. The molecule has 1 heterocycles. The summed E-state index contributed by atoms with van der Waals surface area (Å²) in [6.45, 7) is -0.806. The Labute approximate surface area is 95.3 Å². The highest BCUT2D eigenvalue weighted by Gasteiger charge is 2.21. The van der Waals surface area contributed by atoms with Crippen molar-refractivity contribution in [3.8, 4) is 0 Å². The van der Waals surface area contributed by atoms with Gasteiger partial charge in [-0.3, -0.25) is 4.79 Å². The fraction of sp³-hybridized carbons (Fsp3) is 0.375. The molecule has 6 nitrogen and oxygen atoms in total. The number of halogens is 2. The highest BCUT2D eigenvalue weighted by atomic mass is 32.2. The SMILES string of the molecule is O=c1ccc(S(=O)(=O)NCC(O)C(F)F)c[nH]1. The Kier molecular flexibility index (Phi) is 4.32. The Bertz CT molecular complexity index is 508. The molecule has 17 heavy (non-hydrogen) atoms. The van der Waals surface area contributed by atoms with Gasteiger partial charge in [0.15, 0.2) is 0 Å². The molecule has 1 aromatic heterocycles. The zero-order chi connectivity index (χ0) is 13.1. The fourth-order valence-corrected chi connectivity index (χ4v) is 1.95. The molecule has 9 heteroatoms. The van der Waals surface area contributed by atoms with Crippen molar-refractivity contribution in [2.75, 3.05) is 6.54 Å². The number of alkyl halides is 2. The van der Waals surface area contributed by atoms with E-state index >= 15 is 0 Å². The zero-order valence-electron chi connectivity index (χ0n) is 8.43. The van der Waals surface area contributed by atoms with Gasteiger partial charge in [-0.05, 0) is 6.07 Å². The molecule has 0 aromatic carbocycles. The van der Waals surface area contributed by atoms with Crippen molar-refractivity contribution in [3.63, 3.8) is 0 Å². The lowest BCUT2D eigenvalue weighted by molar-refractivity contribution is -0.000452. The average molecular weight is 268 g/mol. The number of aromatic amines is 1. The number of pyridine rings is 1. The molecular weight excluding hydrogens is 258 g/mol. The summed E-state index contributed by atoms with van der Waals surface area (Å²) >= 11 is 0. The highest BCUT2D eigenvalue weighted by molar-refractivity contribution is 7.89. The summed E-state index contributed by atoms with van der Waals surface area (Å²) in [6.07, 6.45) is -4.18. The average Bonchev–Trinajstić information content (AvgIpc) is 2.26. The number of hydrogen-bond acceptors (Lipinski definition) is 4. The maximum atomic E-state index is 11.9. The molecule has 1 rings (SSSR count). The zero-order valence-corrected chi connectivity index (χ0v) is 9.25. The Hall–Kier alpha value is -1.32. The second-order valence-electron chi connectivity index (χ2n) is 3.14. The first-order valence-corrected chi connectivity index (χ1v) is 5.96. The number of aromatic nitrogens is 1. The van der Waals surface area contributed by atoms with Gasteiger partial charge in [0.25, 0.3) is 6.43 Å². The van der Waals surface area contributed by atoms with E-state index in [9.17, 15) is 22.0 Å². The van der Waals surface area contributed by atoms with E-state index in [2.05, 4.69) is 4.98 Å². The van der Waals surface area contributed by atoms with Crippen molar-refractivity contribution in [2.24, 2.45) is 0 Å². The second kappa shape index (κ2) is 5.34. The van der Waals surface area contributed by atoms with Crippen LogP contribution in [0.15, 0.2) is 28.0 Å². The third kappa shape index (κ3) is 3.88. The summed E-state index contributed by atoms with van der Waals surface area (Å²) in [7, 11) is -4.02. The summed E-state index contributed by atoms with van der Waals surface area (Å²) in [6, 6.07) is 2.01. The van der Waals surface area contributed by atoms with Crippen LogP contribution >= 0.6 is 0 Å². The van der Waals surface area contributed by atoms with Gasteiger partial charge in [-0.1, -0.05) is 0 Å². The van der Waals surface area contributed by atoms with Crippen molar-refractivity contribution >= 4 is 10.0 Å². The van der Waals surface area contributed by atoms with Crippen LogP contribution in [-0.4, -0.2) is 37.6 Å². The minimum absolute atomic E-state index is 0.279. The van der Waals surface area contributed by atoms with Crippen LogP contribution in [0.3, 0.4) is 0 Å². The van der Waals surface area contributed by atoms with Gasteiger partial charge in [-0.25, -0.2) is 21.9 Å². The molecule has 0 aliphatic rings. The van der Waals surface area contributed by atoms with E-state index in [1.807, 2.05) is 0 Å². The Morgan fingerprint density at radius 1 is 1.41 bits per heavy atom. The molecule has 1 unspecified atom stereocenters. The van der Waals surface area contributed by atoms with Crippen LogP contribution in [0.1, 0.15) is 0 Å². The summed E-state index contributed by atoms with van der Waals surface area (Å²) < 4.78 is 48.6. The Morgan fingerprint density at radius 3 is 2.53 bits per heavy atom. The van der Waals surface area contributed by atoms with Gasteiger partial charge in [0.2, 0.25) is 15.6 Å². The van der Waals surface area contributed by atoms with Crippen LogP contribution in [0.25, 0.3) is 0 Å². The smallest absolute Gasteiger partial charge is 0.265 e. The van der Waals surface area contributed by atoms with Gasteiger partial charge >= 0.3 is 0 Å². The monoisotopic (exact) mass is 268 g/mol. The summed E-state index contributed by atoms with van der Waals surface area (Å²) in [5.74, 6) is 0. The summed E-state index contributed by atoms with van der Waals surface area (Å²) in [5.41, 5.74) is -0.489. The van der Waals surface area contributed by atoms with Crippen LogP contribution < -0.4 is 10.3 Å².